The first-order chi connectivity index (χ1) is 13.8. The van der Waals surface area contributed by atoms with E-state index >= 15 is 0 Å². The Bertz CT molecular complexity index is 991. The van der Waals surface area contributed by atoms with Crippen LogP contribution in [0, 0.1) is 6.92 Å². The Kier molecular flexibility index (Phi) is 6.61. The molecule has 0 atom stereocenters. The van der Waals surface area contributed by atoms with Crippen molar-refractivity contribution in [3.63, 3.8) is 0 Å². The molecule has 29 heavy (non-hydrogen) atoms. The fourth-order valence-electron chi connectivity index (χ4n) is 3.28. The van der Waals surface area contributed by atoms with E-state index in [1.54, 1.807) is 30.5 Å². The molecule has 3 rings (SSSR count). The molecular formula is C19H23ClN4O4S. The van der Waals surface area contributed by atoms with Crippen LogP contribution < -0.4 is 10.6 Å². The van der Waals surface area contributed by atoms with Crippen LogP contribution in [0.1, 0.15) is 18.4 Å². The minimum atomic E-state index is -3.64. The average molecular weight is 439 g/mol. The van der Waals surface area contributed by atoms with Gasteiger partial charge in [-0.25, -0.2) is 13.4 Å². The Balaban J connectivity index is 1.67. The van der Waals surface area contributed by atoms with Crippen LogP contribution in [0.4, 0.5) is 11.5 Å². The molecule has 0 radical (unpaired) electrons. The third-order valence-corrected chi connectivity index (χ3v) is 7.22. The van der Waals surface area contributed by atoms with Crippen molar-refractivity contribution in [2.24, 2.45) is 0 Å². The maximum atomic E-state index is 12.9. The largest absolute Gasteiger partial charge is 0.480 e. The lowest BCUT2D eigenvalue weighted by molar-refractivity contribution is -0.134. The van der Waals surface area contributed by atoms with Gasteiger partial charge in [-0.05, 0) is 43.5 Å². The van der Waals surface area contributed by atoms with Crippen LogP contribution in [0.3, 0.4) is 0 Å². The Morgan fingerprint density at radius 3 is 2.62 bits per heavy atom. The number of sulfonamides is 1. The van der Waals surface area contributed by atoms with Gasteiger partial charge in [0, 0.05) is 25.3 Å². The van der Waals surface area contributed by atoms with Gasteiger partial charge in [-0.1, -0.05) is 23.7 Å². The second-order valence-corrected chi connectivity index (χ2v) is 9.17. The number of carboxylic acid groups (broad SMARTS) is 1. The highest BCUT2D eigenvalue weighted by Crippen LogP contribution is 2.29. The molecule has 1 fully saturated rings. The number of hydrogen-bond acceptors (Lipinski definition) is 6. The summed E-state index contributed by atoms with van der Waals surface area (Å²) in [5, 5.41) is 15.3. The average Bonchev–Trinajstić information content (AvgIpc) is 2.68. The van der Waals surface area contributed by atoms with Crippen LogP contribution >= 0.6 is 11.6 Å². The number of hydrogen-bond donors (Lipinski definition) is 3. The number of halogens is 1. The summed E-state index contributed by atoms with van der Waals surface area (Å²) in [6.07, 6.45) is 2.84. The molecule has 156 valence electrons. The zero-order valence-corrected chi connectivity index (χ0v) is 17.5. The molecule has 0 unspecified atom stereocenters. The number of aromatic nitrogens is 1. The van der Waals surface area contributed by atoms with E-state index in [9.17, 15) is 13.2 Å². The zero-order chi connectivity index (χ0) is 21.0. The number of carboxylic acids is 1. The molecule has 1 aromatic carbocycles. The van der Waals surface area contributed by atoms with Crippen LogP contribution in [0.15, 0.2) is 41.4 Å². The van der Waals surface area contributed by atoms with E-state index in [4.69, 9.17) is 16.7 Å². The number of piperidine rings is 1. The molecule has 8 nitrogen and oxygen atoms in total. The quantitative estimate of drug-likeness (QED) is 0.609. The summed E-state index contributed by atoms with van der Waals surface area (Å²) in [6.45, 7) is 2.37. The van der Waals surface area contributed by atoms with E-state index in [1.807, 2.05) is 6.92 Å². The second-order valence-electron chi connectivity index (χ2n) is 6.85. The maximum absolute atomic E-state index is 12.9. The predicted octanol–water partition coefficient (Wildman–Crippen LogP) is 2.81. The van der Waals surface area contributed by atoms with E-state index in [0.717, 1.165) is 5.56 Å². The molecule has 0 amide bonds. The van der Waals surface area contributed by atoms with Crippen LogP contribution in [0.5, 0.6) is 0 Å². The second kappa shape index (κ2) is 8.98. The smallest absolute Gasteiger partial charge is 0.322 e. The summed E-state index contributed by atoms with van der Waals surface area (Å²) in [5.74, 6) is -0.393. The molecule has 1 aliphatic heterocycles. The van der Waals surface area contributed by atoms with Crippen molar-refractivity contribution in [1.29, 1.82) is 0 Å². The van der Waals surface area contributed by atoms with Crippen LogP contribution in [-0.2, 0) is 14.8 Å². The summed E-state index contributed by atoms with van der Waals surface area (Å²) in [6, 6.07) is 8.25. The Morgan fingerprint density at radius 2 is 1.97 bits per heavy atom. The zero-order valence-electron chi connectivity index (χ0n) is 15.9. The van der Waals surface area contributed by atoms with Gasteiger partial charge in [-0.3, -0.25) is 4.79 Å². The van der Waals surface area contributed by atoms with Crippen molar-refractivity contribution in [2.75, 3.05) is 30.3 Å². The normalized spacial score (nSPS) is 15.8. The lowest BCUT2D eigenvalue weighted by Crippen LogP contribution is -2.42. The Labute approximate surface area is 175 Å². The van der Waals surface area contributed by atoms with E-state index < -0.39 is 16.0 Å². The highest BCUT2D eigenvalue weighted by molar-refractivity contribution is 7.89. The molecule has 1 aliphatic rings. The number of aryl methyl sites for hydroxylation is 1. The fraction of sp³-hybridized carbons (Fsp3) is 0.368. The number of nitrogens with one attached hydrogen (secondary N) is 2. The summed E-state index contributed by atoms with van der Waals surface area (Å²) < 4.78 is 27.2. The number of pyridine rings is 1. The third kappa shape index (κ3) is 4.98. The fourth-order valence-corrected chi connectivity index (χ4v) is 5.24. The third-order valence-electron chi connectivity index (χ3n) is 4.82. The number of benzene rings is 1. The topological polar surface area (TPSA) is 112 Å². The first kappa shape index (κ1) is 21.4. The van der Waals surface area contributed by atoms with Crippen LogP contribution in [0.2, 0.25) is 5.02 Å². The van der Waals surface area contributed by atoms with Crippen molar-refractivity contribution >= 4 is 39.1 Å². The predicted molar refractivity (Wildman–Crippen MR) is 112 cm³/mol. The summed E-state index contributed by atoms with van der Waals surface area (Å²) in [7, 11) is -3.64. The summed E-state index contributed by atoms with van der Waals surface area (Å²) >= 11 is 6.07. The highest BCUT2D eigenvalue weighted by atomic mass is 35.5. The molecule has 0 bridgehead atoms. The molecule has 0 aliphatic carbocycles. The molecule has 2 heterocycles. The highest BCUT2D eigenvalue weighted by Gasteiger charge is 2.31. The van der Waals surface area contributed by atoms with Crippen molar-refractivity contribution in [1.82, 2.24) is 9.29 Å². The lowest BCUT2D eigenvalue weighted by atomic mass is 10.1. The van der Waals surface area contributed by atoms with E-state index in [0.29, 0.717) is 37.4 Å². The van der Waals surface area contributed by atoms with Gasteiger partial charge in [0.25, 0.3) is 0 Å². The molecule has 10 heteroatoms. The Hall–Kier alpha value is -2.36. The number of carbonyl (C=O) groups is 1. The van der Waals surface area contributed by atoms with Gasteiger partial charge in [0.2, 0.25) is 10.0 Å². The van der Waals surface area contributed by atoms with Gasteiger partial charge in [0.1, 0.15) is 17.3 Å². The number of rotatable bonds is 7. The van der Waals surface area contributed by atoms with E-state index in [2.05, 4.69) is 15.6 Å². The van der Waals surface area contributed by atoms with Gasteiger partial charge >= 0.3 is 5.97 Å². The summed E-state index contributed by atoms with van der Waals surface area (Å²) in [4.78, 5) is 15.3. The summed E-state index contributed by atoms with van der Waals surface area (Å²) in [5.41, 5.74) is 1.52. The maximum Gasteiger partial charge on any atom is 0.322 e. The van der Waals surface area contributed by atoms with Crippen LogP contribution in [-0.4, -0.2) is 54.5 Å². The minimum absolute atomic E-state index is 0.0207. The Morgan fingerprint density at radius 1 is 1.28 bits per heavy atom. The monoisotopic (exact) mass is 438 g/mol. The molecule has 2 aromatic rings. The van der Waals surface area contributed by atoms with Gasteiger partial charge < -0.3 is 15.7 Å². The van der Waals surface area contributed by atoms with E-state index in [1.165, 1.54) is 10.4 Å². The van der Waals surface area contributed by atoms with Gasteiger partial charge in [-0.2, -0.15) is 4.31 Å². The molecule has 0 spiro atoms. The first-order valence-electron chi connectivity index (χ1n) is 9.21. The molecular weight excluding hydrogens is 416 g/mol. The number of nitrogens with zero attached hydrogens (tertiary/aromatic N) is 2. The number of aliphatic carboxylic acids is 1. The van der Waals surface area contributed by atoms with Gasteiger partial charge in [0.15, 0.2) is 0 Å². The lowest BCUT2D eigenvalue weighted by Gasteiger charge is -2.32. The van der Waals surface area contributed by atoms with Gasteiger partial charge in [-0.15, -0.1) is 0 Å². The van der Waals surface area contributed by atoms with Crippen molar-refractivity contribution in [3.8, 4) is 0 Å². The minimum Gasteiger partial charge on any atom is -0.480 e. The molecule has 1 aromatic heterocycles. The molecule has 0 saturated carbocycles. The first-order valence-corrected chi connectivity index (χ1v) is 11.0. The SMILES string of the molecule is Cc1ccnc(NC2CCN(S(=O)(=O)c3ccccc3Cl)CC2)c1NCC(=O)O. The van der Waals surface area contributed by atoms with Crippen molar-refractivity contribution in [2.45, 2.75) is 30.7 Å². The molecule has 3 N–H and O–H groups in total. The van der Waals surface area contributed by atoms with E-state index in [-0.39, 0.29) is 22.5 Å². The number of anilines is 2. The van der Waals surface area contributed by atoms with Crippen LogP contribution in [0.25, 0.3) is 0 Å². The van der Waals surface area contributed by atoms with Gasteiger partial charge in [0.05, 0.1) is 10.7 Å². The standard InChI is InChI=1S/C19H23ClN4O4S/c1-13-6-9-21-19(18(13)22-12-17(25)26)23-14-7-10-24(11-8-14)29(27,28)16-5-3-2-4-15(16)20/h2-6,9,14,22H,7-8,10-12H2,1H3,(H,21,23)(H,25,26). The molecule has 1 saturated heterocycles. The van der Waals surface area contributed by atoms with Crippen molar-refractivity contribution in [3.05, 3.63) is 47.1 Å². The van der Waals surface area contributed by atoms with Crippen molar-refractivity contribution < 1.29 is 18.3 Å².